The van der Waals surface area contributed by atoms with E-state index in [0.29, 0.717) is 0 Å². The lowest BCUT2D eigenvalue weighted by Gasteiger charge is -2.26. The summed E-state index contributed by atoms with van der Waals surface area (Å²) in [5, 5.41) is 0. The number of aryl methyl sites for hydroxylation is 1. The van der Waals surface area contributed by atoms with Crippen molar-refractivity contribution < 1.29 is 4.74 Å². The predicted molar refractivity (Wildman–Crippen MR) is 88.9 cm³/mol. The minimum absolute atomic E-state index is 0.0736. The van der Waals surface area contributed by atoms with Crippen molar-refractivity contribution in [2.24, 2.45) is 5.73 Å². The Hall–Kier alpha value is -2.00. The maximum Gasteiger partial charge on any atom is 0.125 e. The van der Waals surface area contributed by atoms with E-state index in [1.807, 2.05) is 19.1 Å². The van der Waals surface area contributed by atoms with E-state index in [9.17, 15) is 0 Å². The molecule has 2 N–H and O–H groups in total. The van der Waals surface area contributed by atoms with Crippen molar-refractivity contribution in [1.29, 1.82) is 0 Å². The number of ether oxygens (including phenoxy) is 1. The third kappa shape index (κ3) is 3.37. The second kappa shape index (κ2) is 6.64. The van der Waals surface area contributed by atoms with Crippen LogP contribution in [0, 0.1) is 6.92 Å². The Labute approximate surface area is 127 Å². The molecule has 112 valence electrons. The van der Waals surface area contributed by atoms with Gasteiger partial charge in [0.15, 0.2) is 0 Å². The summed E-state index contributed by atoms with van der Waals surface area (Å²) in [5.41, 5.74) is 10.9. The van der Waals surface area contributed by atoms with E-state index in [4.69, 9.17) is 10.5 Å². The van der Waals surface area contributed by atoms with Crippen LogP contribution in [0.2, 0.25) is 0 Å². The minimum Gasteiger partial charge on any atom is -0.496 e. The fourth-order valence-corrected chi connectivity index (χ4v) is 2.63. The first-order valence-electron chi connectivity index (χ1n) is 7.22. The van der Waals surface area contributed by atoms with E-state index in [1.54, 1.807) is 7.11 Å². The van der Waals surface area contributed by atoms with Crippen molar-refractivity contribution in [1.82, 2.24) is 0 Å². The van der Waals surface area contributed by atoms with Gasteiger partial charge in [-0.25, -0.2) is 0 Å². The van der Waals surface area contributed by atoms with Gasteiger partial charge in [0.05, 0.1) is 7.11 Å². The molecule has 3 nitrogen and oxygen atoms in total. The van der Waals surface area contributed by atoms with Crippen LogP contribution in [-0.2, 0) is 6.54 Å². The zero-order valence-electron chi connectivity index (χ0n) is 13.3. The van der Waals surface area contributed by atoms with Gasteiger partial charge in [0.25, 0.3) is 0 Å². The molecule has 0 aliphatic rings. The molecule has 2 rings (SSSR count). The van der Waals surface area contributed by atoms with Gasteiger partial charge in [-0.2, -0.15) is 0 Å². The molecule has 0 bridgehead atoms. The number of hydrogen-bond acceptors (Lipinski definition) is 3. The molecule has 1 atom stereocenters. The number of hydrogen-bond donors (Lipinski definition) is 1. The Morgan fingerprint density at radius 2 is 1.86 bits per heavy atom. The van der Waals surface area contributed by atoms with Crippen molar-refractivity contribution in [3.05, 3.63) is 59.2 Å². The summed E-state index contributed by atoms with van der Waals surface area (Å²) in [6, 6.07) is 14.4. The van der Waals surface area contributed by atoms with Gasteiger partial charge in [0.1, 0.15) is 5.75 Å². The molecule has 21 heavy (non-hydrogen) atoms. The largest absolute Gasteiger partial charge is 0.496 e. The molecule has 3 heteroatoms. The summed E-state index contributed by atoms with van der Waals surface area (Å²) in [6.07, 6.45) is 0. The first kappa shape index (κ1) is 15.4. The van der Waals surface area contributed by atoms with Gasteiger partial charge < -0.3 is 15.4 Å². The highest BCUT2D eigenvalue weighted by Crippen LogP contribution is 2.33. The fraction of sp³-hybridized carbons (Fsp3) is 0.333. The van der Waals surface area contributed by atoms with Gasteiger partial charge in [-0.3, -0.25) is 0 Å². The number of methoxy groups -OCH3 is 1. The van der Waals surface area contributed by atoms with Crippen molar-refractivity contribution in [2.45, 2.75) is 26.4 Å². The van der Waals surface area contributed by atoms with Crippen molar-refractivity contribution >= 4 is 5.69 Å². The molecule has 0 amide bonds. The summed E-state index contributed by atoms with van der Waals surface area (Å²) in [5.74, 6) is 0.846. The molecule has 0 aliphatic carbocycles. The van der Waals surface area contributed by atoms with Crippen LogP contribution in [0.5, 0.6) is 5.75 Å². The quantitative estimate of drug-likeness (QED) is 0.910. The molecule has 2 aromatic carbocycles. The van der Waals surface area contributed by atoms with Gasteiger partial charge >= 0.3 is 0 Å². The van der Waals surface area contributed by atoms with Gasteiger partial charge in [-0.15, -0.1) is 0 Å². The van der Waals surface area contributed by atoms with Crippen LogP contribution in [0.25, 0.3) is 0 Å². The van der Waals surface area contributed by atoms with Crippen LogP contribution in [0.1, 0.15) is 29.7 Å². The topological polar surface area (TPSA) is 38.5 Å². The maximum absolute atomic E-state index is 6.15. The second-order valence-electron chi connectivity index (χ2n) is 5.46. The molecule has 2 aromatic rings. The lowest BCUT2D eigenvalue weighted by molar-refractivity contribution is 0.407. The van der Waals surface area contributed by atoms with E-state index >= 15 is 0 Å². The molecule has 0 heterocycles. The molecular formula is C18H24N2O. The lowest BCUT2D eigenvalue weighted by Crippen LogP contribution is -2.21. The van der Waals surface area contributed by atoms with E-state index in [-0.39, 0.29) is 6.04 Å². The van der Waals surface area contributed by atoms with Crippen molar-refractivity contribution in [2.75, 3.05) is 19.1 Å². The summed E-state index contributed by atoms with van der Waals surface area (Å²) in [6.45, 7) is 4.98. The molecular weight excluding hydrogens is 260 g/mol. The predicted octanol–water partition coefficient (Wildman–Crippen LogP) is 3.66. The van der Waals surface area contributed by atoms with Crippen LogP contribution in [-0.4, -0.2) is 14.2 Å². The highest BCUT2D eigenvalue weighted by molar-refractivity contribution is 5.60. The SMILES string of the molecule is COc1cccc(N(C)Cc2ccccc2C)c1C(C)N. The number of anilines is 1. The zero-order valence-corrected chi connectivity index (χ0v) is 13.3. The van der Waals surface area contributed by atoms with Crippen molar-refractivity contribution in [3.8, 4) is 5.75 Å². The first-order chi connectivity index (χ1) is 10.0. The Bertz CT molecular complexity index is 608. The van der Waals surface area contributed by atoms with E-state index in [0.717, 1.165) is 23.5 Å². The van der Waals surface area contributed by atoms with Crippen LogP contribution in [0.3, 0.4) is 0 Å². The average Bonchev–Trinajstić information content (AvgIpc) is 2.48. The van der Waals surface area contributed by atoms with Gasteiger partial charge in [-0.1, -0.05) is 30.3 Å². The third-order valence-electron chi connectivity index (χ3n) is 3.80. The van der Waals surface area contributed by atoms with E-state index in [1.165, 1.54) is 11.1 Å². The second-order valence-corrected chi connectivity index (χ2v) is 5.46. The van der Waals surface area contributed by atoms with Crippen LogP contribution in [0.4, 0.5) is 5.69 Å². The standard InChI is InChI=1S/C18H24N2O/c1-13-8-5-6-9-15(13)12-20(3)16-10-7-11-17(21-4)18(16)14(2)19/h5-11,14H,12,19H2,1-4H3. The summed E-state index contributed by atoms with van der Waals surface area (Å²) in [4.78, 5) is 2.23. The number of benzene rings is 2. The number of rotatable bonds is 5. The average molecular weight is 284 g/mol. The molecule has 0 radical (unpaired) electrons. The number of nitrogens with zero attached hydrogens (tertiary/aromatic N) is 1. The molecule has 0 aliphatic heterocycles. The van der Waals surface area contributed by atoms with E-state index in [2.05, 4.69) is 49.2 Å². The molecule has 0 spiro atoms. The monoisotopic (exact) mass is 284 g/mol. The molecule has 0 saturated carbocycles. The van der Waals surface area contributed by atoms with Gasteiger partial charge in [0, 0.05) is 30.9 Å². The Balaban J connectivity index is 2.35. The fourth-order valence-electron chi connectivity index (χ4n) is 2.63. The van der Waals surface area contributed by atoms with E-state index < -0.39 is 0 Å². The van der Waals surface area contributed by atoms with Gasteiger partial charge in [0.2, 0.25) is 0 Å². The summed E-state index contributed by atoms with van der Waals surface area (Å²) >= 11 is 0. The van der Waals surface area contributed by atoms with Crippen molar-refractivity contribution in [3.63, 3.8) is 0 Å². The highest BCUT2D eigenvalue weighted by Gasteiger charge is 2.16. The zero-order chi connectivity index (χ0) is 15.4. The normalized spacial score (nSPS) is 12.0. The maximum atomic E-state index is 6.15. The molecule has 0 aromatic heterocycles. The molecule has 1 unspecified atom stereocenters. The Morgan fingerprint density at radius 3 is 2.48 bits per heavy atom. The van der Waals surface area contributed by atoms with Crippen LogP contribution >= 0.6 is 0 Å². The lowest BCUT2D eigenvalue weighted by atomic mass is 10.0. The number of nitrogens with two attached hydrogens (primary N) is 1. The Morgan fingerprint density at radius 1 is 1.14 bits per heavy atom. The summed E-state index contributed by atoms with van der Waals surface area (Å²) in [7, 11) is 3.78. The smallest absolute Gasteiger partial charge is 0.125 e. The van der Waals surface area contributed by atoms with Crippen LogP contribution < -0.4 is 15.4 Å². The van der Waals surface area contributed by atoms with Gasteiger partial charge in [-0.05, 0) is 37.1 Å². The Kier molecular flexibility index (Phi) is 4.86. The third-order valence-corrected chi connectivity index (χ3v) is 3.80. The minimum atomic E-state index is -0.0736. The van der Waals surface area contributed by atoms with Crippen LogP contribution in [0.15, 0.2) is 42.5 Å². The highest BCUT2D eigenvalue weighted by atomic mass is 16.5. The molecule has 0 fully saturated rings. The summed E-state index contributed by atoms with van der Waals surface area (Å²) < 4.78 is 5.46. The first-order valence-corrected chi connectivity index (χ1v) is 7.22. The molecule has 0 saturated heterocycles.